The Balaban J connectivity index is 1.74. The van der Waals surface area contributed by atoms with Crippen molar-refractivity contribution in [2.45, 2.75) is 27.1 Å². The molecule has 2 aromatic rings. The minimum Gasteiger partial charge on any atom is -0.457 e. The highest BCUT2D eigenvalue weighted by Crippen LogP contribution is 2.16. The van der Waals surface area contributed by atoms with Gasteiger partial charge >= 0.3 is 11.9 Å². The third-order valence-corrected chi connectivity index (χ3v) is 4.68. The number of carbonyl (C=O) groups is 2. The molecular formula is C26H32N6O4. The smallest absolute Gasteiger partial charge is 0.333 e. The standard InChI is InChI=1S/C26H32N6O4/c1-19(2)25(33)35-17-21-7-11-23(12-8-21)27-29-31(5)15-16-32(6)30-28-24-13-9-22(10-14-24)18-36-26(34)20(3)4/h7-14H,1,3,15-18H2,2,4-6H3/b29-27+,30-28?. The fraction of sp³-hybridized carbons (Fsp3) is 0.308. The lowest BCUT2D eigenvalue weighted by Gasteiger charge is -2.15. The normalized spacial score (nSPS) is 10.9. The van der Waals surface area contributed by atoms with Crippen molar-refractivity contribution in [2.75, 3.05) is 27.2 Å². The molecule has 0 saturated carbocycles. The van der Waals surface area contributed by atoms with Crippen molar-refractivity contribution >= 4 is 23.3 Å². The Labute approximate surface area is 211 Å². The Morgan fingerprint density at radius 3 is 1.33 bits per heavy atom. The Morgan fingerprint density at radius 2 is 1.03 bits per heavy atom. The van der Waals surface area contributed by atoms with Gasteiger partial charge in [-0.05, 0) is 49.2 Å². The summed E-state index contributed by atoms with van der Waals surface area (Å²) in [6.07, 6.45) is 0. The number of nitrogens with zero attached hydrogens (tertiary/aromatic N) is 6. The fourth-order valence-corrected chi connectivity index (χ4v) is 2.50. The summed E-state index contributed by atoms with van der Waals surface area (Å²) in [5, 5.41) is 20.2. The zero-order valence-corrected chi connectivity index (χ0v) is 21.2. The van der Waals surface area contributed by atoms with E-state index in [1.165, 1.54) is 0 Å². The molecule has 2 rings (SSSR count). The van der Waals surface area contributed by atoms with Crippen LogP contribution >= 0.6 is 0 Å². The number of ether oxygens (including phenoxy) is 2. The van der Waals surface area contributed by atoms with E-state index >= 15 is 0 Å². The van der Waals surface area contributed by atoms with Crippen LogP contribution in [0.1, 0.15) is 25.0 Å². The van der Waals surface area contributed by atoms with Crippen molar-refractivity contribution in [3.05, 3.63) is 84.0 Å². The van der Waals surface area contributed by atoms with E-state index in [4.69, 9.17) is 9.47 Å². The molecule has 36 heavy (non-hydrogen) atoms. The monoisotopic (exact) mass is 492 g/mol. The largest absolute Gasteiger partial charge is 0.457 e. The molecule has 0 saturated heterocycles. The lowest BCUT2D eigenvalue weighted by atomic mass is 10.2. The first-order chi connectivity index (χ1) is 17.1. The second-order valence-corrected chi connectivity index (χ2v) is 8.19. The van der Waals surface area contributed by atoms with Crippen molar-refractivity contribution in [1.82, 2.24) is 10.0 Å². The predicted octanol–water partition coefficient (Wildman–Crippen LogP) is 5.49. The van der Waals surface area contributed by atoms with E-state index in [-0.39, 0.29) is 13.2 Å². The van der Waals surface area contributed by atoms with Gasteiger partial charge in [0.15, 0.2) is 0 Å². The van der Waals surface area contributed by atoms with Crippen LogP contribution in [0.2, 0.25) is 0 Å². The Hall–Kier alpha value is -4.34. The molecule has 10 heteroatoms. The second-order valence-electron chi connectivity index (χ2n) is 8.19. The van der Waals surface area contributed by atoms with Gasteiger partial charge in [-0.3, -0.25) is 10.0 Å². The lowest BCUT2D eigenvalue weighted by Crippen LogP contribution is -2.24. The maximum absolute atomic E-state index is 11.5. The number of likely N-dealkylation sites (N-methyl/N-ethyl adjacent to an activating group) is 2. The van der Waals surface area contributed by atoms with Crippen molar-refractivity contribution in [2.24, 2.45) is 20.7 Å². The van der Waals surface area contributed by atoms with E-state index in [9.17, 15) is 9.59 Å². The average Bonchev–Trinajstić information content (AvgIpc) is 2.87. The minimum absolute atomic E-state index is 0.179. The Kier molecular flexibility index (Phi) is 11.0. The van der Waals surface area contributed by atoms with Gasteiger partial charge in [0.2, 0.25) is 0 Å². The van der Waals surface area contributed by atoms with E-state index in [2.05, 4.69) is 33.8 Å². The van der Waals surface area contributed by atoms with Crippen LogP contribution in [0.25, 0.3) is 0 Å². The molecule has 0 radical (unpaired) electrons. The second kappa shape index (κ2) is 14.1. The molecule has 0 N–H and O–H groups in total. The SMILES string of the molecule is C=C(C)C(=O)OCc1ccc(N=NN(C)CCN(C)/N=N/c2ccc(COC(=O)C(=C)C)cc2)cc1. The van der Waals surface area contributed by atoms with Gasteiger partial charge in [0.05, 0.1) is 24.5 Å². The molecule has 10 nitrogen and oxygen atoms in total. The summed E-state index contributed by atoms with van der Waals surface area (Å²) in [4.78, 5) is 22.9. The highest BCUT2D eigenvalue weighted by atomic mass is 16.5. The third-order valence-electron chi connectivity index (χ3n) is 4.68. The zero-order chi connectivity index (χ0) is 26.5. The van der Waals surface area contributed by atoms with Crippen LogP contribution < -0.4 is 0 Å². The number of esters is 2. The molecular weight excluding hydrogens is 460 g/mol. The molecule has 190 valence electrons. The van der Waals surface area contributed by atoms with Gasteiger partial charge in [-0.1, -0.05) is 47.9 Å². The average molecular weight is 493 g/mol. The highest BCUT2D eigenvalue weighted by Gasteiger charge is 2.05. The molecule has 0 unspecified atom stereocenters. The highest BCUT2D eigenvalue weighted by molar-refractivity contribution is 5.87. The van der Waals surface area contributed by atoms with Gasteiger partial charge in [-0.2, -0.15) is 0 Å². The van der Waals surface area contributed by atoms with Gasteiger partial charge in [-0.25, -0.2) is 9.59 Å². The summed E-state index contributed by atoms with van der Waals surface area (Å²) in [5.41, 5.74) is 3.80. The van der Waals surface area contributed by atoms with Crippen LogP contribution in [0.4, 0.5) is 11.4 Å². The van der Waals surface area contributed by atoms with E-state index < -0.39 is 11.9 Å². The van der Waals surface area contributed by atoms with Crippen molar-refractivity contribution in [1.29, 1.82) is 0 Å². The van der Waals surface area contributed by atoms with Crippen LogP contribution in [0.5, 0.6) is 0 Å². The molecule has 0 aliphatic carbocycles. The maximum atomic E-state index is 11.5. The quantitative estimate of drug-likeness (QED) is 0.158. The maximum Gasteiger partial charge on any atom is 0.333 e. The molecule has 0 atom stereocenters. The molecule has 0 aliphatic rings. The van der Waals surface area contributed by atoms with Gasteiger partial charge < -0.3 is 9.47 Å². The van der Waals surface area contributed by atoms with E-state index in [0.29, 0.717) is 35.6 Å². The molecule has 0 aliphatic heterocycles. The summed E-state index contributed by atoms with van der Waals surface area (Å²) in [6, 6.07) is 14.5. The van der Waals surface area contributed by atoms with E-state index in [0.717, 1.165) is 11.1 Å². The first kappa shape index (κ1) is 27.9. The lowest BCUT2D eigenvalue weighted by molar-refractivity contribution is -0.141. The number of rotatable bonds is 13. The van der Waals surface area contributed by atoms with Gasteiger partial charge in [-0.15, -0.1) is 10.2 Å². The van der Waals surface area contributed by atoms with Crippen LogP contribution in [-0.2, 0) is 32.3 Å². The Bertz CT molecular complexity index is 1020. The van der Waals surface area contributed by atoms with Crippen molar-refractivity contribution < 1.29 is 19.1 Å². The van der Waals surface area contributed by atoms with Crippen LogP contribution in [-0.4, -0.2) is 49.1 Å². The first-order valence-electron chi connectivity index (χ1n) is 11.2. The summed E-state index contributed by atoms with van der Waals surface area (Å²) >= 11 is 0. The van der Waals surface area contributed by atoms with Gasteiger partial charge in [0, 0.05) is 25.2 Å². The number of hydrogen-bond donors (Lipinski definition) is 0. The van der Waals surface area contributed by atoms with E-state index in [1.54, 1.807) is 48.1 Å². The van der Waals surface area contributed by atoms with Crippen LogP contribution in [0, 0.1) is 0 Å². The molecule has 0 bridgehead atoms. The van der Waals surface area contributed by atoms with Crippen LogP contribution in [0.3, 0.4) is 0 Å². The minimum atomic E-state index is -0.415. The topological polar surface area (TPSA) is 109 Å². The third kappa shape index (κ3) is 10.3. The molecule has 0 spiro atoms. The van der Waals surface area contributed by atoms with Crippen molar-refractivity contribution in [3.63, 3.8) is 0 Å². The number of hydrogen-bond acceptors (Lipinski definition) is 8. The molecule has 0 heterocycles. The summed E-state index contributed by atoms with van der Waals surface area (Å²) < 4.78 is 10.2. The van der Waals surface area contributed by atoms with Gasteiger partial charge in [0.1, 0.15) is 13.2 Å². The van der Waals surface area contributed by atoms with Crippen LogP contribution in [0.15, 0.2) is 93.5 Å². The summed E-state index contributed by atoms with van der Waals surface area (Å²) in [5.74, 6) is -0.830. The first-order valence-corrected chi connectivity index (χ1v) is 11.2. The molecule has 0 amide bonds. The molecule has 2 aromatic carbocycles. The predicted molar refractivity (Wildman–Crippen MR) is 136 cm³/mol. The summed E-state index contributed by atoms with van der Waals surface area (Å²) in [7, 11) is 3.64. The molecule has 0 fully saturated rings. The van der Waals surface area contributed by atoms with Crippen molar-refractivity contribution in [3.8, 4) is 0 Å². The fourth-order valence-electron chi connectivity index (χ4n) is 2.50. The molecule has 0 aromatic heterocycles. The summed E-state index contributed by atoms with van der Waals surface area (Å²) in [6.45, 7) is 11.9. The Morgan fingerprint density at radius 1 is 0.694 bits per heavy atom. The number of carbonyl (C=O) groups excluding carboxylic acids is 2. The zero-order valence-electron chi connectivity index (χ0n) is 21.2. The number of benzene rings is 2. The van der Waals surface area contributed by atoms with Gasteiger partial charge in [0.25, 0.3) is 0 Å². The van der Waals surface area contributed by atoms with E-state index in [1.807, 2.05) is 38.4 Å².